The molecule has 3 aromatic rings. The van der Waals surface area contributed by atoms with Crippen LogP contribution in [0.1, 0.15) is 11.1 Å². The zero-order valence-corrected chi connectivity index (χ0v) is 14.2. The Morgan fingerprint density at radius 3 is 1.88 bits per heavy atom. The van der Waals surface area contributed by atoms with Crippen LogP contribution in [0.15, 0.2) is 84.9 Å². The summed E-state index contributed by atoms with van der Waals surface area (Å²) >= 11 is 0. The lowest BCUT2D eigenvalue weighted by Gasteiger charge is -2.10. The van der Waals surface area contributed by atoms with Crippen molar-refractivity contribution >= 4 is 0 Å². The average molecular weight is 333 g/mol. The third kappa shape index (κ3) is 5.98. The predicted octanol–water partition coefficient (Wildman–Crippen LogP) is 4.43. The second-order valence-corrected chi connectivity index (χ2v) is 5.75. The van der Waals surface area contributed by atoms with Crippen molar-refractivity contribution in [3.63, 3.8) is 0 Å². The molecule has 0 fully saturated rings. The van der Waals surface area contributed by atoms with E-state index in [1.165, 1.54) is 11.1 Å². The molecule has 128 valence electrons. The number of hydrogen-bond donors (Lipinski definition) is 1. The quantitative estimate of drug-likeness (QED) is 0.588. The van der Waals surface area contributed by atoms with Gasteiger partial charge in [-0.1, -0.05) is 60.7 Å². The molecular weight excluding hydrogens is 310 g/mol. The largest absolute Gasteiger partial charge is 0.490 e. The summed E-state index contributed by atoms with van der Waals surface area (Å²) in [6.45, 7) is 2.72. The molecule has 0 aliphatic heterocycles. The van der Waals surface area contributed by atoms with Crippen LogP contribution in [0, 0.1) is 0 Å². The zero-order valence-electron chi connectivity index (χ0n) is 14.2. The first-order chi connectivity index (χ1) is 12.4. The molecule has 3 rings (SSSR count). The van der Waals surface area contributed by atoms with Crippen LogP contribution in [0.4, 0.5) is 0 Å². The van der Waals surface area contributed by atoms with Gasteiger partial charge in [-0.2, -0.15) is 0 Å². The molecule has 0 amide bonds. The molecule has 0 radical (unpaired) electrons. The molecule has 0 aliphatic carbocycles. The van der Waals surface area contributed by atoms with Crippen LogP contribution in [0.25, 0.3) is 0 Å². The SMILES string of the molecule is c1ccc(CNCc2cccc(OCCOc3ccccc3)c2)cc1. The Morgan fingerprint density at radius 2 is 1.12 bits per heavy atom. The molecule has 0 bridgehead atoms. The topological polar surface area (TPSA) is 30.5 Å². The minimum atomic E-state index is 0.524. The third-order valence-electron chi connectivity index (χ3n) is 3.76. The molecule has 0 atom stereocenters. The first-order valence-corrected chi connectivity index (χ1v) is 8.54. The van der Waals surface area contributed by atoms with Gasteiger partial charge in [-0.15, -0.1) is 0 Å². The summed E-state index contributed by atoms with van der Waals surface area (Å²) in [6.07, 6.45) is 0. The van der Waals surface area contributed by atoms with Gasteiger partial charge in [0.1, 0.15) is 24.7 Å². The Labute approximate surface area is 149 Å². The number of rotatable bonds is 9. The highest BCUT2D eigenvalue weighted by atomic mass is 16.5. The van der Waals surface area contributed by atoms with Gasteiger partial charge in [0.2, 0.25) is 0 Å². The van der Waals surface area contributed by atoms with Crippen LogP contribution >= 0.6 is 0 Å². The van der Waals surface area contributed by atoms with Crippen molar-refractivity contribution in [2.75, 3.05) is 13.2 Å². The van der Waals surface area contributed by atoms with Gasteiger partial charge in [0, 0.05) is 13.1 Å². The Hall–Kier alpha value is -2.78. The summed E-state index contributed by atoms with van der Waals surface area (Å²) in [7, 11) is 0. The van der Waals surface area contributed by atoms with E-state index in [1.54, 1.807) is 0 Å². The number of nitrogens with one attached hydrogen (secondary N) is 1. The van der Waals surface area contributed by atoms with Gasteiger partial charge in [-0.3, -0.25) is 0 Å². The van der Waals surface area contributed by atoms with Gasteiger partial charge in [-0.05, 0) is 35.4 Å². The molecule has 0 aromatic heterocycles. The number of benzene rings is 3. The summed E-state index contributed by atoms with van der Waals surface area (Å²) in [5.74, 6) is 1.74. The van der Waals surface area contributed by atoms with Gasteiger partial charge in [-0.25, -0.2) is 0 Å². The lowest BCUT2D eigenvalue weighted by molar-refractivity contribution is 0.217. The van der Waals surface area contributed by atoms with E-state index in [2.05, 4.69) is 41.7 Å². The van der Waals surface area contributed by atoms with Crippen molar-refractivity contribution in [1.82, 2.24) is 5.32 Å². The van der Waals surface area contributed by atoms with E-state index < -0.39 is 0 Å². The van der Waals surface area contributed by atoms with E-state index in [0.29, 0.717) is 13.2 Å². The van der Waals surface area contributed by atoms with E-state index in [9.17, 15) is 0 Å². The second kappa shape index (κ2) is 9.50. The van der Waals surface area contributed by atoms with Crippen molar-refractivity contribution in [2.24, 2.45) is 0 Å². The first kappa shape index (κ1) is 17.1. The van der Waals surface area contributed by atoms with Crippen molar-refractivity contribution in [1.29, 1.82) is 0 Å². The summed E-state index contributed by atoms with van der Waals surface area (Å²) < 4.78 is 11.4. The predicted molar refractivity (Wildman–Crippen MR) is 101 cm³/mol. The maximum Gasteiger partial charge on any atom is 0.122 e. The van der Waals surface area contributed by atoms with Crippen molar-refractivity contribution in [3.8, 4) is 11.5 Å². The minimum Gasteiger partial charge on any atom is -0.490 e. The lowest BCUT2D eigenvalue weighted by Crippen LogP contribution is -2.13. The van der Waals surface area contributed by atoms with Crippen molar-refractivity contribution in [3.05, 3.63) is 96.1 Å². The fourth-order valence-corrected chi connectivity index (χ4v) is 2.53. The Kier molecular flexibility index (Phi) is 6.48. The zero-order chi connectivity index (χ0) is 17.2. The monoisotopic (exact) mass is 333 g/mol. The molecule has 3 aromatic carbocycles. The highest BCUT2D eigenvalue weighted by Crippen LogP contribution is 2.14. The highest BCUT2D eigenvalue weighted by Gasteiger charge is 1.99. The van der Waals surface area contributed by atoms with E-state index in [-0.39, 0.29) is 0 Å². The fraction of sp³-hybridized carbons (Fsp3) is 0.182. The number of hydrogen-bond acceptors (Lipinski definition) is 3. The second-order valence-electron chi connectivity index (χ2n) is 5.75. The maximum atomic E-state index is 5.78. The van der Waals surface area contributed by atoms with Crippen LogP contribution in [0.5, 0.6) is 11.5 Å². The third-order valence-corrected chi connectivity index (χ3v) is 3.76. The van der Waals surface area contributed by atoms with Crippen LogP contribution < -0.4 is 14.8 Å². The maximum absolute atomic E-state index is 5.78. The molecular formula is C22H23NO2. The van der Waals surface area contributed by atoms with E-state index >= 15 is 0 Å². The molecule has 0 spiro atoms. The summed E-state index contributed by atoms with van der Waals surface area (Å²) in [6, 6.07) is 28.3. The van der Waals surface area contributed by atoms with E-state index in [0.717, 1.165) is 24.6 Å². The van der Waals surface area contributed by atoms with Gasteiger partial charge < -0.3 is 14.8 Å². The Balaban J connectivity index is 1.40. The number of ether oxygens (including phenoxy) is 2. The van der Waals surface area contributed by atoms with E-state index in [1.807, 2.05) is 48.5 Å². The molecule has 0 heterocycles. The normalized spacial score (nSPS) is 10.4. The Morgan fingerprint density at radius 1 is 0.560 bits per heavy atom. The standard InChI is InChI=1S/C22H23NO2/c1-3-8-19(9-4-1)17-23-18-20-10-7-13-22(16-20)25-15-14-24-21-11-5-2-6-12-21/h1-13,16,23H,14-15,17-18H2. The molecule has 3 heteroatoms. The van der Waals surface area contributed by atoms with Crippen LogP contribution in [0.3, 0.4) is 0 Å². The van der Waals surface area contributed by atoms with Crippen molar-refractivity contribution in [2.45, 2.75) is 13.1 Å². The van der Waals surface area contributed by atoms with Crippen LogP contribution in [-0.4, -0.2) is 13.2 Å². The number of para-hydroxylation sites is 1. The molecule has 25 heavy (non-hydrogen) atoms. The summed E-state index contributed by atoms with van der Waals surface area (Å²) in [4.78, 5) is 0. The van der Waals surface area contributed by atoms with Gasteiger partial charge in [0.15, 0.2) is 0 Å². The van der Waals surface area contributed by atoms with E-state index in [4.69, 9.17) is 9.47 Å². The fourth-order valence-electron chi connectivity index (χ4n) is 2.53. The summed E-state index contributed by atoms with van der Waals surface area (Å²) in [5.41, 5.74) is 2.49. The highest BCUT2D eigenvalue weighted by molar-refractivity contribution is 5.28. The van der Waals surface area contributed by atoms with Gasteiger partial charge in [0.25, 0.3) is 0 Å². The molecule has 3 nitrogen and oxygen atoms in total. The average Bonchev–Trinajstić information content (AvgIpc) is 2.67. The first-order valence-electron chi connectivity index (χ1n) is 8.54. The molecule has 0 saturated carbocycles. The smallest absolute Gasteiger partial charge is 0.122 e. The molecule has 0 saturated heterocycles. The Bertz CT molecular complexity index is 744. The van der Waals surface area contributed by atoms with Crippen LogP contribution in [-0.2, 0) is 13.1 Å². The molecule has 0 aliphatic rings. The lowest BCUT2D eigenvalue weighted by atomic mass is 10.2. The van der Waals surface area contributed by atoms with Crippen LogP contribution in [0.2, 0.25) is 0 Å². The molecule has 0 unspecified atom stereocenters. The van der Waals surface area contributed by atoms with Crippen molar-refractivity contribution < 1.29 is 9.47 Å². The van der Waals surface area contributed by atoms with Gasteiger partial charge in [0.05, 0.1) is 0 Å². The minimum absolute atomic E-state index is 0.524. The van der Waals surface area contributed by atoms with Gasteiger partial charge >= 0.3 is 0 Å². The summed E-state index contributed by atoms with van der Waals surface area (Å²) in [5, 5.41) is 3.45. The molecule has 1 N–H and O–H groups in total.